The zero-order valence-electron chi connectivity index (χ0n) is 15.5. The maximum Gasteiger partial charge on any atom is 0.348 e. The van der Waals surface area contributed by atoms with Gasteiger partial charge in [-0.2, -0.15) is 0 Å². The van der Waals surface area contributed by atoms with Crippen LogP contribution in [0.2, 0.25) is 0 Å². The highest BCUT2D eigenvalue weighted by atomic mass is 32.1. The average Bonchev–Trinajstić information content (AvgIpc) is 2.98. The first-order chi connectivity index (χ1) is 12.9. The van der Waals surface area contributed by atoms with Crippen molar-refractivity contribution in [3.05, 3.63) is 46.1 Å². The molecule has 140 valence electrons. The highest BCUT2D eigenvalue weighted by Crippen LogP contribution is 2.35. The predicted octanol–water partition coefficient (Wildman–Crippen LogP) is 4.02. The number of esters is 2. The molecule has 0 aliphatic rings. The number of rotatable bonds is 5. The minimum Gasteiger partial charge on any atom is -0.465 e. The van der Waals surface area contributed by atoms with E-state index in [9.17, 15) is 9.59 Å². The van der Waals surface area contributed by atoms with E-state index in [1.54, 1.807) is 38.1 Å². The van der Waals surface area contributed by atoms with Gasteiger partial charge in [0.25, 0.3) is 0 Å². The molecular formula is C19H19N3O4S. The molecule has 0 fully saturated rings. The molecule has 0 atom stereocenters. The maximum absolute atomic E-state index is 12.2. The van der Waals surface area contributed by atoms with E-state index in [-0.39, 0.29) is 5.97 Å². The summed E-state index contributed by atoms with van der Waals surface area (Å²) in [7, 11) is 1.34. The number of nitrogens with one attached hydrogen (secondary N) is 1. The first-order valence-electron chi connectivity index (χ1n) is 8.34. The second-order valence-electron chi connectivity index (χ2n) is 5.77. The van der Waals surface area contributed by atoms with Crippen molar-refractivity contribution >= 4 is 45.0 Å². The Morgan fingerprint density at radius 1 is 1.11 bits per heavy atom. The highest BCUT2D eigenvalue weighted by Gasteiger charge is 2.21. The Kier molecular flexibility index (Phi) is 5.36. The second-order valence-corrected chi connectivity index (χ2v) is 6.77. The summed E-state index contributed by atoms with van der Waals surface area (Å²) in [6.07, 6.45) is 0. The molecule has 8 heteroatoms. The smallest absolute Gasteiger partial charge is 0.348 e. The number of anilines is 2. The standard InChI is InChI=1S/C19H19N3O4S/c1-5-26-19(24)15-10(2)14-16(20-11(3)21-17(14)27-15)22-13-8-6-12(7-9-13)18(23)25-4/h6-9H,5H2,1-4H3,(H,20,21,22). The fraction of sp³-hybridized carbons (Fsp3) is 0.263. The topological polar surface area (TPSA) is 90.4 Å². The number of thiophene rings is 1. The van der Waals surface area contributed by atoms with E-state index >= 15 is 0 Å². The molecule has 2 aromatic heterocycles. The van der Waals surface area contributed by atoms with Crippen LogP contribution in [-0.2, 0) is 9.47 Å². The van der Waals surface area contributed by atoms with Gasteiger partial charge in [-0.15, -0.1) is 11.3 Å². The van der Waals surface area contributed by atoms with Crippen molar-refractivity contribution in [1.29, 1.82) is 0 Å². The Morgan fingerprint density at radius 2 is 1.81 bits per heavy atom. The van der Waals surface area contributed by atoms with Crippen LogP contribution in [0.1, 0.15) is 38.3 Å². The number of aryl methyl sites for hydroxylation is 2. The third-order valence-electron chi connectivity index (χ3n) is 3.93. The monoisotopic (exact) mass is 385 g/mol. The normalized spacial score (nSPS) is 10.7. The van der Waals surface area contributed by atoms with Gasteiger partial charge >= 0.3 is 11.9 Å². The molecule has 0 saturated carbocycles. The van der Waals surface area contributed by atoms with Crippen LogP contribution in [0.25, 0.3) is 10.2 Å². The number of methoxy groups -OCH3 is 1. The Labute approximate surface area is 160 Å². The molecule has 0 saturated heterocycles. The van der Waals surface area contributed by atoms with Gasteiger partial charge in [0.15, 0.2) is 0 Å². The lowest BCUT2D eigenvalue weighted by Gasteiger charge is -2.09. The zero-order valence-corrected chi connectivity index (χ0v) is 16.3. The van der Waals surface area contributed by atoms with E-state index in [0.717, 1.165) is 21.5 Å². The zero-order chi connectivity index (χ0) is 19.6. The molecule has 0 unspecified atom stereocenters. The first-order valence-corrected chi connectivity index (χ1v) is 9.16. The molecule has 0 amide bonds. The Hall–Kier alpha value is -3.00. The molecule has 2 heterocycles. The number of fused-ring (bicyclic) bond motifs is 1. The van der Waals surface area contributed by atoms with Crippen LogP contribution in [0.15, 0.2) is 24.3 Å². The lowest BCUT2D eigenvalue weighted by molar-refractivity contribution is 0.0530. The predicted molar refractivity (Wildman–Crippen MR) is 104 cm³/mol. The van der Waals surface area contributed by atoms with Crippen molar-refractivity contribution in [2.24, 2.45) is 0 Å². The van der Waals surface area contributed by atoms with Gasteiger partial charge in [-0.3, -0.25) is 0 Å². The molecular weight excluding hydrogens is 366 g/mol. The summed E-state index contributed by atoms with van der Waals surface area (Å²) in [6.45, 7) is 5.74. The number of hydrogen-bond donors (Lipinski definition) is 1. The molecule has 3 rings (SSSR count). The summed E-state index contributed by atoms with van der Waals surface area (Å²) >= 11 is 1.29. The summed E-state index contributed by atoms with van der Waals surface area (Å²) in [5.74, 6) is 0.444. The maximum atomic E-state index is 12.2. The van der Waals surface area contributed by atoms with Gasteiger partial charge in [-0.05, 0) is 50.6 Å². The van der Waals surface area contributed by atoms with E-state index in [0.29, 0.717) is 28.7 Å². The fourth-order valence-electron chi connectivity index (χ4n) is 2.67. The average molecular weight is 385 g/mol. The van der Waals surface area contributed by atoms with Crippen molar-refractivity contribution in [2.45, 2.75) is 20.8 Å². The molecule has 7 nitrogen and oxygen atoms in total. The number of benzene rings is 1. The third-order valence-corrected chi connectivity index (χ3v) is 5.10. The number of carbonyl (C=O) groups excluding carboxylic acids is 2. The molecule has 0 aliphatic carbocycles. The SMILES string of the molecule is CCOC(=O)c1sc2nc(C)nc(Nc3ccc(C(=O)OC)cc3)c2c1C. The van der Waals surface area contributed by atoms with Crippen LogP contribution < -0.4 is 5.32 Å². The van der Waals surface area contributed by atoms with Crippen molar-refractivity contribution in [3.8, 4) is 0 Å². The molecule has 1 aromatic carbocycles. The quantitative estimate of drug-likeness (QED) is 0.664. The van der Waals surface area contributed by atoms with Crippen LogP contribution >= 0.6 is 11.3 Å². The summed E-state index contributed by atoms with van der Waals surface area (Å²) < 4.78 is 9.84. The summed E-state index contributed by atoms with van der Waals surface area (Å²) in [4.78, 5) is 33.9. The largest absolute Gasteiger partial charge is 0.465 e. The molecule has 0 spiro atoms. The van der Waals surface area contributed by atoms with Gasteiger partial charge in [-0.25, -0.2) is 19.6 Å². The van der Waals surface area contributed by atoms with Crippen LogP contribution in [-0.4, -0.2) is 35.6 Å². The third kappa shape index (κ3) is 3.75. The van der Waals surface area contributed by atoms with E-state index < -0.39 is 5.97 Å². The molecule has 1 N–H and O–H groups in total. The van der Waals surface area contributed by atoms with Gasteiger partial charge in [0, 0.05) is 5.69 Å². The minimum atomic E-state index is -0.394. The van der Waals surface area contributed by atoms with Crippen LogP contribution in [0.5, 0.6) is 0 Å². The van der Waals surface area contributed by atoms with E-state index in [4.69, 9.17) is 9.47 Å². The van der Waals surface area contributed by atoms with Gasteiger partial charge in [-0.1, -0.05) is 0 Å². The number of hydrogen-bond acceptors (Lipinski definition) is 8. The first kappa shape index (κ1) is 18.8. The molecule has 0 radical (unpaired) electrons. The Morgan fingerprint density at radius 3 is 2.44 bits per heavy atom. The summed E-state index contributed by atoms with van der Waals surface area (Å²) in [6, 6.07) is 6.88. The highest BCUT2D eigenvalue weighted by molar-refractivity contribution is 7.20. The lowest BCUT2D eigenvalue weighted by atomic mass is 10.2. The van der Waals surface area contributed by atoms with Gasteiger partial charge in [0.2, 0.25) is 0 Å². The molecule has 0 aliphatic heterocycles. The fourth-order valence-corrected chi connectivity index (χ4v) is 3.79. The Balaban J connectivity index is 2.01. The molecule has 3 aromatic rings. The number of carbonyl (C=O) groups is 2. The van der Waals surface area contributed by atoms with Gasteiger partial charge in [0.05, 0.1) is 24.7 Å². The van der Waals surface area contributed by atoms with Crippen molar-refractivity contribution in [3.63, 3.8) is 0 Å². The number of ether oxygens (including phenoxy) is 2. The Bertz CT molecular complexity index is 1010. The van der Waals surface area contributed by atoms with Crippen molar-refractivity contribution in [2.75, 3.05) is 19.0 Å². The minimum absolute atomic E-state index is 0.314. The van der Waals surface area contributed by atoms with E-state index in [1.807, 2.05) is 6.92 Å². The van der Waals surface area contributed by atoms with E-state index in [1.165, 1.54) is 18.4 Å². The molecule has 27 heavy (non-hydrogen) atoms. The van der Waals surface area contributed by atoms with E-state index in [2.05, 4.69) is 15.3 Å². The lowest BCUT2D eigenvalue weighted by Crippen LogP contribution is -2.04. The molecule has 0 bridgehead atoms. The summed E-state index contributed by atoms with van der Waals surface area (Å²) in [5, 5.41) is 4.03. The second kappa shape index (κ2) is 7.71. The van der Waals surface area contributed by atoms with Gasteiger partial charge < -0.3 is 14.8 Å². The summed E-state index contributed by atoms with van der Waals surface area (Å²) in [5.41, 5.74) is 2.00. The van der Waals surface area contributed by atoms with Crippen LogP contribution in [0, 0.1) is 13.8 Å². The van der Waals surface area contributed by atoms with Crippen molar-refractivity contribution in [1.82, 2.24) is 9.97 Å². The number of aromatic nitrogens is 2. The van der Waals surface area contributed by atoms with Gasteiger partial charge in [0.1, 0.15) is 21.3 Å². The van der Waals surface area contributed by atoms with Crippen LogP contribution in [0.4, 0.5) is 11.5 Å². The number of nitrogens with zero attached hydrogens (tertiary/aromatic N) is 2. The van der Waals surface area contributed by atoms with Crippen molar-refractivity contribution < 1.29 is 19.1 Å². The van der Waals surface area contributed by atoms with Crippen LogP contribution in [0.3, 0.4) is 0 Å².